The van der Waals surface area contributed by atoms with Crippen LogP contribution >= 0.6 is 0 Å². The molecule has 1 amide bonds. The number of aryl methyl sites for hydroxylation is 1. The van der Waals surface area contributed by atoms with Crippen molar-refractivity contribution in [1.82, 2.24) is 15.5 Å². The lowest BCUT2D eigenvalue weighted by molar-refractivity contribution is -0.384. The second-order valence-corrected chi connectivity index (χ2v) is 6.04. The first-order chi connectivity index (χ1) is 11.5. The molecule has 0 unspecified atom stereocenters. The number of rotatable bonds is 4. The molecule has 1 aliphatic rings. The number of non-ortho nitro benzene ring substituents is 1. The molecule has 24 heavy (non-hydrogen) atoms. The Labute approximate surface area is 138 Å². The van der Waals surface area contributed by atoms with E-state index in [2.05, 4.69) is 15.5 Å². The lowest BCUT2D eigenvalue weighted by Crippen LogP contribution is -2.48. The van der Waals surface area contributed by atoms with Crippen LogP contribution in [-0.4, -0.2) is 21.0 Å². The number of nitrogens with zero attached hydrogens (tertiary/aromatic N) is 3. The summed E-state index contributed by atoms with van der Waals surface area (Å²) in [6, 6.07) is 5.54. The van der Waals surface area contributed by atoms with Crippen molar-refractivity contribution >= 4 is 11.6 Å². The molecule has 0 aliphatic heterocycles. The van der Waals surface area contributed by atoms with Crippen molar-refractivity contribution in [1.29, 1.82) is 0 Å². The second-order valence-electron chi connectivity index (χ2n) is 6.04. The Hall–Kier alpha value is -2.77. The second kappa shape index (κ2) is 6.38. The highest BCUT2D eigenvalue weighted by atomic mass is 16.6. The fourth-order valence-electron chi connectivity index (χ4n) is 3.08. The van der Waals surface area contributed by atoms with E-state index in [0.29, 0.717) is 17.3 Å². The summed E-state index contributed by atoms with van der Waals surface area (Å²) in [6.45, 7) is 1.71. The smallest absolute Gasteiger partial charge is 0.269 e. The zero-order chi connectivity index (χ0) is 17.2. The van der Waals surface area contributed by atoms with Crippen LogP contribution in [0.25, 0.3) is 0 Å². The first-order valence-electron chi connectivity index (χ1n) is 7.88. The average Bonchev–Trinajstić information content (AvgIpc) is 3.03. The molecule has 8 heteroatoms. The van der Waals surface area contributed by atoms with Gasteiger partial charge in [0.15, 0.2) is 5.82 Å². The third-order valence-corrected chi connectivity index (χ3v) is 4.36. The molecule has 126 valence electrons. The molecule has 3 rings (SSSR count). The van der Waals surface area contributed by atoms with Gasteiger partial charge < -0.3 is 9.84 Å². The minimum absolute atomic E-state index is 0.0484. The van der Waals surface area contributed by atoms with Gasteiger partial charge in [-0.3, -0.25) is 14.9 Å². The van der Waals surface area contributed by atoms with Crippen LogP contribution in [0.4, 0.5) is 5.69 Å². The summed E-state index contributed by atoms with van der Waals surface area (Å²) in [5.41, 5.74) is -0.326. The van der Waals surface area contributed by atoms with E-state index in [9.17, 15) is 14.9 Å². The van der Waals surface area contributed by atoms with Gasteiger partial charge in [0, 0.05) is 24.6 Å². The lowest BCUT2D eigenvalue weighted by atomic mass is 9.80. The molecule has 0 saturated heterocycles. The van der Waals surface area contributed by atoms with Gasteiger partial charge in [0.2, 0.25) is 5.89 Å². The largest absolute Gasteiger partial charge is 0.340 e. The van der Waals surface area contributed by atoms with Crippen LogP contribution in [0.3, 0.4) is 0 Å². The van der Waals surface area contributed by atoms with Crippen LogP contribution in [0, 0.1) is 17.0 Å². The van der Waals surface area contributed by atoms with Crippen LogP contribution in [0.15, 0.2) is 28.8 Å². The average molecular weight is 330 g/mol. The molecule has 0 bridgehead atoms. The minimum atomic E-state index is -0.644. The number of nitrogens with one attached hydrogen (secondary N) is 1. The number of nitro groups is 1. The predicted octanol–water partition coefficient (Wildman–Crippen LogP) is 2.88. The first kappa shape index (κ1) is 16.1. The number of hydrogen-bond donors (Lipinski definition) is 1. The minimum Gasteiger partial charge on any atom is -0.340 e. The number of amides is 1. The van der Waals surface area contributed by atoms with E-state index in [1.807, 2.05) is 0 Å². The molecule has 2 aromatic rings. The molecule has 8 nitrogen and oxygen atoms in total. The highest BCUT2D eigenvalue weighted by Crippen LogP contribution is 2.36. The van der Waals surface area contributed by atoms with Gasteiger partial charge >= 0.3 is 0 Å². The Kier molecular flexibility index (Phi) is 4.28. The number of benzene rings is 1. The Morgan fingerprint density at radius 3 is 2.46 bits per heavy atom. The Morgan fingerprint density at radius 2 is 1.92 bits per heavy atom. The first-order valence-corrected chi connectivity index (χ1v) is 7.88. The van der Waals surface area contributed by atoms with Gasteiger partial charge in [-0.05, 0) is 25.0 Å². The van der Waals surface area contributed by atoms with E-state index in [1.165, 1.54) is 24.3 Å². The monoisotopic (exact) mass is 330 g/mol. The maximum absolute atomic E-state index is 12.6. The molecule has 1 aliphatic carbocycles. The summed E-state index contributed by atoms with van der Waals surface area (Å²) in [5, 5.41) is 17.8. The molecule has 0 atom stereocenters. The number of carbonyl (C=O) groups is 1. The third kappa shape index (κ3) is 3.12. The van der Waals surface area contributed by atoms with Crippen molar-refractivity contribution in [2.45, 2.75) is 44.6 Å². The summed E-state index contributed by atoms with van der Waals surface area (Å²) in [4.78, 5) is 27.1. The predicted molar refractivity (Wildman–Crippen MR) is 84.4 cm³/mol. The number of nitro benzene ring substituents is 1. The van der Waals surface area contributed by atoms with E-state index in [0.717, 1.165) is 32.1 Å². The van der Waals surface area contributed by atoms with Gasteiger partial charge in [0.05, 0.1) is 4.92 Å². The molecular formula is C16H18N4O4. The highest BCUT2D eigenvalue weighted by molar-refractivity contribution is 5.94. The van der Waals surface area contributed by atoms with Gasteiger partial charge in [-0.1, -0.05) is 24.4 Å². The van der Waals surface area contributed by atoms with E-state index in [4.69, 9.17) is 4.52 Å². The maximum Gasteiger partial charge on any atom is 0.269 e. The maximum atomic E-state index is 12.6. The van der Waals surface area contributed by atoms with Crippen molar-refractivity contribution in [3.63, 3.8) is 0 Å². The summed E-state index contributed by atoms with van der Waals surface area (Å²) in [5.74, 6) is 0.656. The van der Waals surface area contributed by atoms with E-state index in [-0.39, 0.29) is 11.6 Å². The van der Waals surface area contributed by atoms with Gasteiger partial charge in [-0.25, -0.2) is 0 Å². The van der Waals surface area contributed by atoms with Gasteiger partial charge in [-0.15, -0.1) is 0 Å². The number of carbonyl (C=O) groups excluding carboxylic acids is 1. The van der Waals surface area contributed by atoms with Gasteiger partial charge in [-0.2, -0.15) is 4.98 Å². The molecule has 1 aromatic heterocycles. The third-order valence-electron chi connectivity index (χ3n) is 4.36. The fraction of sp³-hybridized carbons (Fsp3) is 0.438. The quantitative estimate of drug-likeness (QED) is 0.681. The SMILES string of the molecule is Cc1nc(C2(NC(=O)c3ccc([N+](=O)[O-])cc3)CCCCC2)no1. The van der Waals surface area contributed by atoms with Crippen molar-refractivity contribution < 1.29 is 14.2 Å². The van der Waals surface area contributed by atoms with Crippen molar-refractivity contribution in [2.75, 3.05) is 0 Å². The van der Waals surface area contributed by atoms with Gasteiger partial charge in [0.25, 0.3) is 11.6 Å². The molecular weight excluding hydrogens is 312 g/mol. The van der Waals surface area contributed by atoms with Crippen LogP contribution in [0.2, 0.25) is 0 Å². The molecule has 0 spiro atoms. The molecule has 1 aromatic carbocycles. The number of hydrogen-bond acceptors (Lipinski definition) is 6. The van der Waals surface area contributed by atoms with Crippen LogP contribution in [0.1, 0.15) is 54.2 Å². The Morgan fingerprint density at radius 1 is 1.25 bits per heavy atom. The summed E-state index contributed by atoms with van der Waals surface area (Å²) in [7, 11) is 0. The normalized spacial score (nSPS) is 16.5. The molecule has 1 fully saturated rings. The van der Waals surface area contributed by atoms with Crippen LogP contribution < -0.4 is 5.32 Å². The summed E-state index contributed by atoms with van der Waals surface area (Å²) >= 11 is 0. The number of aromatic nitrogens is 2. The Bertz CT molecular complexity index is 748. The van der Waals surface area contributed by atoms with E-state index in [1.54, 1.807) is 6.92 Å². The molecule has 1 saturated carbocycles. The standard InChI is InChI=1S/C16H18N4O4/c1-11-17-15(19-24-11)16(9-3-2-4-10-16)18-14(21)12-5-7-13(8-6-12)20(22)23/h5-8H,2-4,9-10H2,1H3,(H,18,21). The zero-order valence-corrected chi connectivity index (χ0v) is 13.3. The van der Waals surface area contributed by atoms with E-state index < -0.39 is 10.5 Å². The molecule has 1 heterocycles. The van der Waals surface area contributed by atoms with Gasteiger partial charge in [0.1, 0.15) is 5.54 Å². The van der Waals surface area contributed by atoms with E-state index >= 15 is 0 Å². The van der Waals surface area contributed by atoms with Crippen molar-refractivity contribution in [3.05, 3.63) is 51.7 Å². The lowest BCUT2D eigenvalue weighted by Gasteiger charge is -2.35. The van der Waals surface area contributed by atoms with Crippen molar-refractivity contribution in [2.24, 2.45) is 0 Å². The van der Waals surface area contributed by atoms with Crippen LogP contribution in [-0.2, 0) is 5.54 Å². The topological polar surface area (TPSA) is 111 Å². The zero-order valence-electron chi connectivity index (χ0n) is 13.3. The highest BCUT2D eigenvalue weighted by Gasteiger charge is 2.39. The van der Waals surface area contributed by atoms with Crippen LogP contribution in [0.5, 0.6) is 0 Å². The fourth-order valence-corrected chi connectivity index (χ4v) is 3.08. The summed E-state index contributed by atoms with van der Waals surface area (Å²) < 4.78 is 5.08. The van der Waals surface area contributed by atoms with Crippen molar-refractivity contribution in [3.8, 4) is 0 Å². The Balaban J connectivity index is 1.84. The molecule has 0 radical (unpaired) electrons. The molecule has 1 N–H and O–H groups in total. The summed E-state index contributed by atoms with van der Waals surface area (Å²) in [6.07, 6.45) is 4.52.